The molecule has 186 valence electrons. The zero-order valence-corrected chi connectivity index (χ0v) is 20.3. The van der Waals surface area contributed by atoms with Crippen molar-refractivity contribution in [3.63, 3.8) is 0 Å². The Morgan fingerprint density at radius 2 is 1.63 bits per heavy atom. The smallest absolute Gasteiger partial charge is 0.410 e. The molecule has 0 bridgehead atoms. The molecule has 1 saturated heterocycles. The van der Waals surface area contributed by atoms with Crippen molar-refractivity contribution in [2.24, 2.45) is 5.92 Å². The number of alkyl carbamates (subject to hydrolysis) is 1. The van der Waals surface area contributed by atoms with Crippen LogP contribution in [0, 0.1) is 5.92 Å². The lowest BCUT2D eigenvalue weighted by molar-refractivity contribution is -0.144. The molecule has 0 saturated carbocycles. The molecule has 8 heteroatoms. The largest absolute Gasteiger partial charge is 0.480 e. The fourth-order valence-corrected chi connectivity index (χ4v) is 4.90. The Balaban J connectivity index is 1.37. The number of aliphatic carboxylic acids is 1. The van der Waals surface area contributed by atoms with Crippen LogP contribution in [0.5, 0.6) is 0 Å². The third kappa shape index (κ3) is 5.58. The van der Waals surface area contributed by atoms with E-state index in [0.717, 1.165) is 22.3 Å². The van der Waals surface area contributed by atoms with Gasteiger partial charge < -0.3 is 19.9 Å². The molecule has 4 rings (SSSR count). The second-order valence-electron chi connectivity index (χ2n) is 10.1. The Morgan fingerprint density at radius 3 is 2.20 bits per heavy atom. The van der Waals surface area contributed by atoms with Crippen LogP contribution >= 0.6 is 0 Å². The summed E-state index contributed by atoms with van der Waals surface area (Å²) in [6.45, 7) is 6.00. The molecule has 1 aliphatic heterocycles. The monoisotopic (exact) mass is 480 g/mol. The third-order valence-electron chi connectivity index (χ3n) is 6.50. The van der Waals surface area contributed by atoms with Gasteiger partial charge in [-0.3, -0.25) is 4.90 Å². The van der Waals surface area contributed by atoms with E-state index in [4.69, 9.17) is 9.47 Å². The summed E-state index contributed by atoms with van der Waals surface area (Å²) in [5.74, 6) is -1.26. The van der Waals surface area contributed by atoms with Crippen molar-refractivity contribution in [1.82, 2.24) is 10.2 Å². The summed E-state index contributed by atoms with van der Waals surface area (Å²) < 4.78 is 10.9. The van der Waals surface area contributed by atoms with Gasteiger partial charge in [-0.25, -0.2) is 14.4 Å². The lowest BCUT2D eigenvalue weighted by Gasteiger charge is -2.36. The van der Waals surface area contributed by atoms with Crippen molar-refractivity contribution in [3.05, 3.63) is 59.7 Å². The maximum absolute atomic E-state index is 13.0. The van der Waals surface area contributed by atoms with Gasteiger partial charge in [-0.2, -0.15) is 0 Å². The van der Waals surface area contributed by atoms with Gasteiger partial charge in [-0.1, -0.05) is 48.5 Å². The summed E-state index contributed by atoms with van der Waals surface area (Å²) in [5, 5.41) is 12.5. The zero-order valence-electron chi connectivity index (χ0n) is 20.3. The van der Waals surface area contributed by atoms with E-state index in [1.54, 1.807) is 20.8 Å². The topological polar surface area (TPSA) is 105 Å². The van der Waals surface area contributed by atoms with Crippen molar-refractivity contribution in [3.8, 4) is 11.1 Å². The molecule has 2 amide bonds. The Morgan fingerprint density at radius 1 is 1.03 bits per heavy atom. The number of nitrogens with zero attached hydrogens (tertiary/aromatic N) is 1. The van der Waals surface area contributed by atoms with Gasteiger partial charge in [0.05, 0.1) is 0 Å². The fraction of sp³-hybridized carbons (Fsp3) is 0.444. The molecule has 0 spiro atoms. The quantitative estimate of drug-likeness (QED) is 0.647. The predicted molar refractivity (Wildman–Crippen MR) is 130 cm³/mol. The second-order valence-corrected chi connectivity index (χ2v) is 10.1. The van der Waals surface area contributed by atoms with E-state index in [9.17, 15) is 19.5 Å². The predicted octanol–water partition coefficient (Wildman–Crippen LogP) is 4.63. The van der Waals surface area contributed by atoms with Crippen LogP contribution in [0.4, 0.5) is 9.59 Å². The van der Waals surface area contributed by atoms with Crippen molar-refractivity contribution >= 4 is 18.2 Å². The molecule has 0 unspecified atom stereocenters. The van der Waals surface area contributed by atoms with Gasteiger partial charge in [0.25, 0.3) is 0 Å². The molecular weight excluding hydrogens is 448 g/mol. The number of piperidine rings is 1. The van der Waals surface area contributed by atoms with Crippen molar-refractivity contribution < 1.29 is 29.0 Å². The van der Waals surface area contributed by atoms with E-state index >= 15 is 0 Å². The van der Waals surface area contributed by atoms with Gasteiger partial charge in [0.15, 0.2) is 0 Å². The third-order valence-corrected chi connectivity index (χ3v) is 6.50. The first-order valence-electron chi connectivity index (χ1n) is 12.0. The maximum atomic E-state index is 13.0. The minimum Gasteiger partial charge on any atom is -0.480 e. The Kier molecular flexibility index (Phi) is 7.00. The number of carboxylic acid groups (broad SMARTS) is 1. The van der Waals surface area contributed by atoms with E-state index in [-0.39, 0.29) is 38.0 Å². The Labute approximate surface area is 205 Å². The number of amides is 2. The van der Waals surface area contributed by atoms with Crippen LogP contribution in [0.3, 0.4) is 0 Å². The normalized spacial score (nSPS) is 19.5. The number of likely N-dealkylation sites (tertiary alicyclic amines) is 1. The number of nitrogens with one attached hydrogen (secondary N) is 1. The molecule has 2 aliphatic rings. The van der Waals surface area contributed by atoms with Gasteiger partial charge in [-0.15, -0.1) is 0 Å². The minimum atomic E-state index is -1.08. The Hall–Kier alpha value is -3.55. The summed E-state index contributed by atoms with van der Waals surface area (Å²) in [7, 11) is 0. The van der Waals surface area contributed by atoms with E-state index in [1.807, 2.05) is 36.4 Å². The average Bonchev–Trinajstić information content (AvgIpc) is 3.13. The average molecular weight is 481 g/mol. The fourth-order valence-electron chi connectivity index (χ4n) is 4.90. The van der Waals surface area contributed by atoms with Crippen molar-refractivity contribution in [2.45, 2.75) is 51.2 Å². The molecule has 2 aromatic carbocycles. The van der Waals surface area contributed by atoms with Gasteiger partial charge in [0.2, 0.25) is 0 Å². The highest BCUT2D eigenvalue weighted by Crippen LogP contribution is 2.44. The summed E-state index contributed by atoms with van der Waals surface area (Å²) in [6, 6.07) is 15.1. The van der Waals surface area contributed by atoms with Crippen LogP contribution < -0.4 is 5.32 Å². The second kappa shape index (κ2) is 9.98. The highest BCUT2D eigenvalue weighted by Gasteiger charge is 2.38. The minimum absolute atomic E-state index is 0.0822. The number of carbonyl (C=O) groups excluding carboxylic acids is 2. The van der Waals surface area contributed by atoms with Crippen molar-refractivity contribution in [1.29, 1.82) is 0 Å². The highest BCUT2D eigenvalue weighted by atomic mass is 16.6. The number of hydrogen-bond acceptors (Lipinski definition) is 5. The van der Waals surface area contributed by atoms with E-state index in [2.05, 4.69) is 17.4 Å². The van der Waals surface area contributed by atoms with Crippen LogP contribution in [0.25, 0.3) is 11.1 Å². The van der Waals surface area contributed by atoms with Crippen LogP contribution in [0.2, 0.25) is 0 Å². The molecule has 1 aliphatic carbocycles. The van der Waals surface area contributed by atoms with Crippen LogP contribution in [-0.2, 0) is 14.3 Å². The molecule has 8 nitrogen and oxygen atoms in total. The van der Waals surface area contributed by atoms with Crippen LogP contribution in [0.1, 0.15) is 50.7 Å². The molecule has 1 fully saturated rings. The summed E-state index contributed by atoms with van der Waals surface area (Å²) in [6.07, 6.45) is -0.375. The molecular formula is C27H32N2O6. The van der Waals surface area contributed by atoms with E-state index in [1.165, 1.54) is 4.90 Å². The molecule has 0 aromatic heterocycles. The lowest BCUT2D eigenvalue weighted by Crippen LogP contribution is -2.52. The summed E-state index contributed by atoms with van der Waals surface area (Å²) in [5.41, 5.74) is 3.85. The van der Waals surface area contributed by atoms with Gasteiger partial charge in [0.1, 0.15) is 18.2 Å². The van der Waals surface area contributed by atoms with Gasteiger partial charge in [0, 0.05) is 19.0 Å². The molecule has 2 aromatic rings. The summed E-state index contributed by atoms with van der Waals surface area (Å²) in [4.78, 5) is 38.2. The Bertz CT molecular complexity index is 1060. The first kappa shape index (κ1) is 24.6. The standard InChI is InChI=1S/C27H32N2O6/c1-27(2,3)35-25(32)28-15-17-12-13-29(23(14-17)24(30)31)26(33)34-16-22-20-10-6-4-8-18(20)19-9-5-7-11-21(19)22/h4-11,17,22-23H,12-16H2,1-3H3,(H,28,32)(H,30,31)/t17-,23+/m1/s1. The number of benzene rings is 2. The molecule has 2 atom stereocenters. The van der Waals surface area contributed by atoms with E-state index < -0.39 is 29.8 Å². The van der Waals surface area contributed by atoms with Gasteiger partial charge in [-0.05, 0) is 61.8 Å². The van der Waals surface area contributed by atoms with Crippen LogP contribution in [-0.4, -0.2) is 59.5 Å². The molecule has 35 heavy (non-hydrogen) atoms. The number of carbonyl (C=O) groups is 3. The SMILES string of the molecule is CC(C)(C)OC(=O)NC[C@@H]1CCN(C(=O)OCC2c3ccccc3-c3ccccc32)[C@H](C(=O)O)C1. The number of carboxylic acids is 1. The molecule has 2 N–H and O–H groups in total. The number of ether oxygens (including phenoxy) is 2. The molecule has 0 radical (unpaired) electrons. The maximum Gasteiger partial charge on any atom is 0.410 e. The number of hydrogen-bond donors (Lipinski definition) is 2. The van der Waals surface area contributed by atoms with Crippen LogP contribution in [0.15, 0.2) is 48.5 Å². The highest BCUT2D eigenvalue weighted by molar-refractivity contribution is 5.81. The first-order valence-corrected chi connectivity index (χ1v) is 12.0. The lowest BCUT2D eigenvalue weighted by atomic mass is 9.91. The van der Waals surface area contributed by atoms with E-state index in [0.29, 0.717) is 6.42 Å². The van der Waals surface area contributed by atoms with Gasteiger partial charge >= 0.3 is 18.2 Å². The number of fused-ring (bicyclic) bond motifs is 3. The zero-order chi connectivity index (χ0) is 25.2. The summed E-state index contributed by atoms with van der Waals surface area (Å²) >= 11 is 0. The number of rotatable bonds is 5. The first-order chi connectivity index (χ1) is 16.6. The molecule has 1 heterocycles. The van der Waals surface area contributed by atoms with Crippen molar-refractivity contribution in [2.75, 3.05) is 19.7 Å².